The van der Waals surface area contributed by atoms with Gasteiger partial charge in [-0.3, -0.25) is 4.90 Å². The summed E-state index contributed by atoms with van der Waals surface area (Å²) >= 11 is 12.1. The van der Waals surface area contributed by atoms with E-state index in [-0.39, 0.29) is 11.5 Å². The molecule has 0 amide bonds. The van der Waals surface area contributed by atoms with Gasteiger partial charge in [0, 0.05) is 39.1 Å². The topological polar surface area (TPSA) is 66.4 Å². The second-order valence-corrected chi connectivity index (χ2v) is 10.0. The number of rotatable bonds is 3. The Morgan fingerprint density at radius 1 is 1.00 bits per heavy atom. The molecular weight excluding hydrogens is 407 g/mol. The maximum absolute atomic E-state index is 11.9. The van der Waals surface area contributed by atoms with Crippen LogP contribution in [0.5, 0.6) is 0 Å². The first kappa shape index (κ1) is 18.9. The Balaban J connectivity index is 1.40. The molecule has 0 spiro atoms. The lowest BCUT2D eigenvalue weighted by Gasteiger charge is -2.35. The molecule has 0 bridgehead atoms. The van der Waals surface area contributed by atoms with E-state index in [4.69, 9.17) is 23.2 Å². The quantitative estimate of drug-likeness (QED) is 0.750. The Kier molecular flexibility index (Phi) is 5.29. The number of halogens is 2. The predicted molar refractivity (Wildman–Crippen MR) is 107 cm³/mol. The van der Waals surface area contributed by atoms with Gasteiger partial charge in [0.15, 0.2) is 15.7 Å². The van der Waals surface area contributed by atoms with Crippen LogP contribution in [0, 0.1) is 0 Å². The van der Waals surface area contributed by atoms with Crippen molar-refractivity contribution in [2.24, 2.45) is 0 Å². The molecule has 6 nitrogen and oxygen atoms in total. The van der Waals surface area contributed by atoms with Crippen LogP contribution in [0.15, 0.2) is 24.3 Å². The number of aryl methyl sites for hydroxylation is 1. The monoisotopic (exact) mass is 426 g/mol. The Bertz CT molecular complexity index is 960. The van der Waals surface area contributed by atoms with E-state index in [1.807, 2.05) is 24.3 Å². The van der Waals surface area contributed by atoms with E-state index in [0.29, 0.717) is 16.5 Å². The van der Waals surface area contributed by atoms with Crippen molar-refractivity contribution in [1.82, 2.24) is 15.1 Å². The van der Waals surface area contributed by atoms with Gasteiger partial charge in [-0.05, 0) is 29.3 Å². The van der Waals surface area contributed by atoms with Crippen molar-refractivity contribution in [3.8, 4) is 0 Å². The minimum Gasteiger partial charge on any atom is -0.353 e. The fraction of sp³-hybridized carbons (Fsp3) is 0.444. The van der Waals surface area contributed by atoms with Crippen molar-refractivity contribution in [1.29, 1.82) is 0 Å². The second kappa shape index (κ2) is 7.54. The lowest BCUT2D eigenvalue weighted by atomic mass is 10.1. The van der Waals surface area contributed by atoms with Crippen LogP contribution in [0.2, 0.25) is 10.0 Å². The SMILES string of the molecule is O=S1(=O)CCc2nnc(N3CCN(Cc4ccc(Cl)c(Cl)c4)CC3)cc2C1. The largest absolute Gasteiger partial charge is 0.353 e. The van der Waals surface area contributed by atoms with E-state index >= 15 is 0 Å². The van der Waals surface area contributed by atoms with Crippen LogP contribution in [0.25, 0.3) is 0 Å². The first-order chi connectivity index (χ1) is 12.9. The van der Waals surface area contributed by atoms with Crippen molar-refractivity contribution < 1.29 is 8.42 Å². The van der Waals surface area contributed by atoms with E-state index in [1.54, 1.807) is 0 Å². The minimum absolute atomic E-state index is 0.0716. The average molecular weight is 427 g/mol. The Morgan fingerprint density at radius 3 is 2.52 bits per heavy atom. The number of piperazine rings is 1. The smallest absolute Gasteiger partial charge is 0.154 e. The third-order valence-electron chi connectivity index (χ3n) is 5.06. The standard InChI is InChI=1S/C18H20Cl2N4O2S/c19-15-2-1-13(9-16(15)20)11-23-4-6-24(7-5-23)18-10-14-12-27(25,26)8-3-17(14)21-22-18/h1-2,9-10H,3-8,11-12H2. The van der Waals surface area contributed by atoms with Crippen LogP contribution in [0.1, 0.15) is 16.8 Å². The summed E-state index contributed by atoms with van der Waals surface area (Å²) in [5.74, 6) is 1.00. The maximum Gasteiger partial charge on any atom is 0.154 e. The van der Waals surface area contributed by atoms with Gasteiger partial charge in [-0.15, -0.1) is 5.10 Å². The van der Waals surface area contributed by atoms with E-state index in [1.165, 1.54) is 0 Å². The number of hydrogen-bond acceptors (Lipinski definition) is 6. The normalized spacial score (nSPS) is 19.7. The van der Waals surface area contributed by atoms with Crippen LogP contribution >= 0.6 is 23.2 Å². The number of hydrogen-bond donors (Lipinski definition) is 0. The van der Waals surface area contributed by atoms with Gasteiger partial charge in [-0.1, -0.05) is 29.3 Å². The third kappa shape index (κ3) is 4.37. The molecule has 0 radical (unpaired) electrons. The molecule has 27 heavy (non-hydrogen) atoms. The lowest BCUT2D eigenvalue weighted by Crippen LogP contribution is -2.46. The molecule has 144 valence electrons. The zero-order valence-electron chi connectivity index (χ0n) is 14.7. The molecule has 1 aromatic heterocycles. The molecule has 2 aliphatic heterocycles. The second-order valence-electron chi connectivity index (χ2n) is 7.03. The highest BCUT2D eigenvalue weighted by molar-refractivity contribution is 7.90. The molecule has 1 fully saturated rings. The molecule has 0 atom stereocenters. The molecule has 0 aliphatic carbocycles. The summed E-state index contributed by atoms with van der Waals surface area (Å²) in [6.07, 6.45) is 0.461. The van der Waals surface area contributed by atoms with Crippen LogP contribution in [-0.4, -0.2) is 55.4 Å². The number of benzene rings is 1. The maximum atomic E-state index is 11.9. The zero-order valence-corrected chi connectivity index (χ0v) is 17.1. The minimum atomic E-state index is -3.01. The molecule has 1 saturated heterocycles. The van der Waals surface area contributed by atoms with E-state index in [9.17, 15) is 8.42 Å². The number of aromatic nitrogens is 2. The fourth-order valence-corrected chi connectivity index (χ4v) is 5.22. The van der Waals surface area contributed by atoms with Crippen LogP contribution < -0.4 is 4.90 Å². The molecule has 0 N–H and O–H groups in total. The lowest BCUT2D eigenvalue weighted by molar-refractivity contribution is 0.249. The molecule has 9 heteroatoms. The molecule has 4 rings (SSSR count). The van der Waals surface area contributed by atoms with Gasteiger partial charge in [0.25, 0.3) is 0 Å². The summed E-state index contributed by atoms with van der Waals surface area (Å²) in [4.78, 5) is 4.52. The molecule has 2 aromatic rings. The summed E-state index contributed by atoms with van der Waals surface area (Å²) in [5, 5.41) is 9.74. The fourth-order valence-electron chi connectivity index (χ4n) is 3.53. The van der Waals surface area contributed by atoms with Crippen LogP contribution in [0.4, 0.5) is 5.82 Å². The Labute approximate surface area is 169 Å². The summed E-state index contributed by atoms with van der Waals surface area (Å²) in [5.41, 5.74) is 2.74. The summed E-state index contributed by atoms with van der Waals surface area (Å²) in [7, 11) is -3.01. The summed E-state index contributed by atoms with van der Waals surface area (Å²) in [6.45, 7) is 4.23. The van der Waals surface area contributed by atoms with Gasteiger partial charge in [-0.25, -0.2) is 8.42 Å². The molecule has 2 aliphatic rings. The van der Waals surface area contributed by atoms with Gasteiger partial charge in [0.1, 0.15) is 0 Å². The number of nitrogens with zero attached hydrogens (tertiary/aromatic N) is 4. The van der Waals surface area contributed by atoms with Gasteiger partial charge in [0.05, 0.1) is 27.2 Å². The number of sulfone groups is 1. The third-order valence-corrected chi connectivity index (χ3v) is 7.37. The summed E-state index contributed by atoms with van der Waals surface area (Å²) in [6, 6.07) is 7.63. The van der Waals surface area contributed by atoms with Gasteiger partial charge < -0.3 is 4.90 Å². The molecule has 3 heterocycles. The molecule has 1 aromatic carbocycles. The van der Waals surface area contributed by atoms with Crippen molar-refractivity contribution in [2.45, 2.75) is 18.7 Å². The summed E-state index contributed by atoms with van der Waals surface area (Å²) < 4.78 is 23.8. The van der Waals surface area contributed by atoms with Crippen molar-refractivity contribution in [3.05, 3.63) is 51.1 Å². The first-order valence-corrected chi connectivity index (χ1v) is 11.4. The Hall–Kier alpha value is -1.41. The van der Waals surface area contributed by atoms with E-state index in [2.05, 4.69) is 20.0 Å². The first-order valence-electron chi connectivity index (χ1n) is 8.87. The van der Waals surface area contributed by atoms with Gasteiger partial charge in [0.2, 0.25) is 0 Å². The molecular formula is C18H20Cl2N4O2S. The van der Waals surface area contributed by atoms with Gasteiger partial charge >= 0.3 is 0 Å². The molecule has 0 saturated carbocycles. The highest BCUT2D eigenvalue weighted by Crippen LogP contribution is 2.25. The van der Waals surface area contributed by atoms with E-state index < -0.39 is 9.84 Å². The van der Waals surface area contributed by atoms with E-state index in [0.717, 1.165) is 55.4 Å². The number of fused-ring (bicyclic) bond motifs is 1. The number of anilines is 1. The average Bonchev–Trinajstić information content (AvgIpc) is 2.64. The predicted octanol–water partition coefficient (Wildman–Crippen LogP) is 2.58. The highest BCUT2D eigenvalue weighted by atomic mass is 35.5. The zero-order chi connectivity index (χ0) is 19.0. The highest BCUT2D eigenvalue weighted by Gasteiger charge is 2.25. The van der Waals surface area contributed by atoms with Crippen LogP contribution in [0.3, 0.4) is 0 Å². The van der Waals surface area contributed by atoms with Crippen molar-refractivity contribution in [3.63, 3.8) is 0 Å². The Morgan fingerprint density at radius 2 is 1.78 bits per heavy atom. The van der Waals surface area contributed by atoms with Crippen molar-refractivity contribution >= 4 is 38.9 Å². The van der Waals surface area contributed by atoms with Gasteiger partial charge in [-0.2, -0.15) is 5.10 Å². The van der Waals surface area contributed by atoms with Crippen molar-refractivity contribution in [2.75, 3.05) is 36.8 Å². The molecule has 0 unspecified atom stereocenters. The van der Waals surface area contributed by atoms with Crippen LogP contribution in [-0.2, 0) is 28.6 Å².